The Morgan fingerprint density at radius 3 is 2.50 bits per heavy atom. The van der Waals surface area contributed by atoms with Crippen molar-refractivity contribution < 1.29 is 4.79 Å². The Balaban J connectivity index is 1.14. The minimum absolute atomic E-state index is 0.134. The van der Waals surface area contributed by atoms with Gasteiger partial charge in [0.25, 0.3) is 5.91 Å². The molecule has 0 bridgehead atoms. The molecular formula is C23H24N8O. The van der Waals surface area contributed by atoms with Crippen molar-refractivity contribution >= 4 is 23.0 Å². The lowest BCUT2D eigenvalue weighted by molar-refractivity contribution is 0.0947. The fraction of sp³-hybridized carbons (Fsp3) is 0.261. The second-order valence-electron chi connectivity index (χ2n) is 7.65. The summed E-state index contributed by atoms with van der Waals surface area (Å²) in [6.45, 7) is 4.97. The molecule has 0 atom stereocenters. The molecule has 32 heavy (non-hydrogen) atoms. The van der Waals surface area contributed by atoms with E-state index in [1.54, 1.807) is 31.0 Å². The highest BCUT2D eigenvalue weighted by Crippen LogP contribution is 2.17. The van der Waals surface area contributed by atoms with E-state index in [0.717, 1.165) is 50.0 Å². The number of hydrogen-bond donors (Lipinski definition) is 1. The first-order valence-corrected chi connectivity index (χ1v) is 10.7. The van der Waals surface area contributed by atoms with Crippen LogP contribution >= 0.6 is 0 Å². The SMILES string of the molecule is O=C(NCCN1CCN(c2ncccn2)CC1)c1cnc2c(c1)ncn2-c1ccccc1. The standard InChI is InChI=1S/C23H24N8O/c32-22(24-9-10-29-11-13-30(14-12-29)23-25-7-4-8-26-23)18-15-20-21(27-16-18)31(17-28-20)19-5-2-1-3-6-19/h1-8,15-17H,9-14H2,(H,24,32). The molecule has 0 unspecified atom stereocenters. The number of rotatable bonds is 6. The summed E-state index contributed by atoms with van der Waals surface area (Å²) in [5.74, 6) is 0.642. The van der Waals surface area contributed by atoms with Crippen molar-refractivity contribution in [3.63, 3.8) is 0 Å². The van der Waals surface area contributed by atoms with Crippen LogP contribution < -0.4 is 10.2 Å². The van der Waals surface area contributed by atoms with Crippen LogP contribution in [-0.2, 0) is 0 Å². The first kappa shape index (κ1) is 20.1. The number of carbonyl (C=O) groups excluding carboxylic acids is 1. The number of amides is 1. The van der Waals surface area contributed by atoms with Gasteiger partial charge in [-0.05, 0) is 24.3 Å². The topological polar surface area (TPSA) is 92.1 Å². The molecule has 5 rings (SSSR count). The van der Waals surface area contributed by atoms with Crippen molar-refractivity contribution in [2.75, 3.05) is 44.2 Å². The highest BCUT2D eigenvalue weighted by Gasteiger charge is 2.18. The summed E-state index contributed by atoms with van der Waals surface area (Å²) in [5.41, 5.74) is 2.93. The maximum Gasteiger partial charge on any atom is 0.252 e. The molecule has 3 aromatic heterocycles. The van der Waals surface area contributed by atoms with E-state index in [9.17, 15) is 4.79 Å². The minimum atomic E-state index is -0.134. The Morgan fingerprint density at radius 1 is 0.938 bits per heavy atom. The summed E-state index contributed by atoms with van der Waals surface area (Å²) in [4.78, 5) is 34.7. The quantitative estimate of drug-likeness (QED) is 0.500. The van der Waals surface area contributed by atoms with Crippen molar-refractivity contribution in [1.29, 1.82) is 0 Å². The third-order valence-corrected chi connectivity index (χ3v) is 5.61. The second kappa shape index (κ2) is 9.11. The van der Waals surface area contributed by atoms with Gasteiger partial charge >= 0.3 is 0 Å². The molecule has 9 heteroatoms. The summed E-state index contributed by atoms with van der Waals surface area (Å²) < 4.78 is 1.91. The minimum Gasteiger partial charge on any atom is -0.351 e. The molecule has 0 aliphatic carbocycles. The van der Waals surface area contributed by atoms with Crippen LogP contribution in [0.4, 0.5) is 5.95 Å². The summed E-state index contributed by atoms with van der Waals surface area (Å²) >= 11 is 0. The van der Waals surface area contributed by atoms with Gasteiger partial charge in [0.1, 0.15) is 11.8 Å². The number of carbonyl (C=O) groups is 1. The molecule has 1 aliphatic rings. The number of nitrogens with zero attached hydrogens (tertiary/aromatic N) is 7. The molecule has 0 saturated carbocycles. The average Bonchev–Trinajstić information content (AvgIpc) is 3.29. The molecule has 0 radical (unpaired) electrons. The van der Waals surface area contributed by atoms with E-state index in [0.29, 0.717) is 17.6 Å². The van der Waals surface area contributed by atoms with Gasteiger partial charge in [-0.1, -0.05) is 18.2 Å². The molecule has 1 aromatic carbocycles. The third-order valence-electron chi connectivity index (χ3n) is 5.61. The fourth-order valence-corrected chi connectivity index (χ4v) is 3.86. The van der Waals surface area contributed by atoms with E-state index in [1.165, 1.54) is 0 Å². The lowest BCUT2D eigenvalue weighted by atomic mass is 10.2. The van der Waals surface area contributed by atoms with E-state index >= 15 is 0 Å². The average molecular weight is 429 g/mol. The lowest BCUT2D eigenvalue weighted by Crippen LogP contribution is -2.49. The van der Waals surface area contributed by atoms with E-state index in [2.05, 4.69) is 35.1 Å². The molecule has 162 valence electrons. The molecule has 1 N–H and O–H groups in total. The van der Waals surface area contributed by atoms with Crippen LogP contribution in [0.5, 0.6) is 0 Å². The van der Waals surface area contributed by atoms with E-state index < -0.39 is 0 Å². The number of nitrogens with one attached hydrogen (secondary N) is 1. The Morgan fingerprint density at radius 2 is 1.72 bits per heavy atom. The van der Waals surface area contributed by atoms with Gasteiger partial charge in [0.15, 0.2) is 5.65 Å². The van der Waals surface area contributed by atoms with Crippen molar-refractivity contribution in [3.05, 3.63) is 72.9 Å². The number of pyridine rings is 1. The van der Waals surface area contributed by atoms with Crippen LogP contribution in [0, 0.1) is 0 Å². The van der Waals surface area contributed by atoms with Crippen LogP contribution in [0.15, 0.2) is 67.4 Å². The van der Waals surface area contributed by atoms with E-state index in [1.807, 2.05) is 41.0 Å². The number of para-hydroxylation sites is 1. The van der Waals surface area contributed by atoms with Crippen molar-refractivity contribution in [2.45, 2.75) is 0 Å². The monoisotopic (exact) mass is 428 g/mol. The molecule has 4 aromatic rings. The van der Waals surface area contributed by atoms with Gasteiger partial charge in [0.05, 0.1) is 5.56 Å². The summed E-state index contributed by atoms with van der Waals surface area (Å²) in [6, 6.07) is 13.5. The Bertz CT molecular complexity index is 1190. The Hall–Kier alpha value is -3.85. The first-order chi connectivity index (χ1) is 15.8. The van der Waals surface area contributed by atoms with Crippen molar-refractivity contribution in [3.8, 4) is 5.69 Å². The Labute approximate surface area is 185 Å². The maximum atomic E-state index is 12.6. The van der Waals surface area contributed by atoms with Gasteiger partial charge < -0.3 is 10.2 Å². The third kappa shape index (κ3) is 4.28. The molecular weight excluding hydrogens is 404 g/mol. The van der Waals surface area contributed by atoms with Crippen molar-refractivity contribution in [2.24, 2.45) is 0 Å². The fourth-order valence-electron chi connectivity index (χ4n) is 3.86. The van der Waals surface area contributed by atoms with Crippen LogP contribution in [0.25, 0.3) is 16.9 Å². The zero-order chi connectivity index (χ0) is 21.8. The Kier molecular flexibility index (Phi) is 5.71. The number of hydrogen-bond acceptors (Lipinski definition) is 7. The molecule has 9 nitrogen and oxygen atoms in total. The molecule has 4 heterocycles. The van der Waals surface area contributed by atoms with Gasteiger partial charge in [-0.25, -0.2) is 19.9 Å². The van der Waals surface area contributed by atoms with Gasteiger partial charge in [-0.2, -0.15) is 0 Å². The van der Waals surface area contributed by atoms with Crippen molar-refractivity contribution in [1.82, 2.24) is 34.7 Å². The summed E-state index contributed by atoms with van der Waals surface area (Å²) in [7, 11) is 0. The van der Waals surface area contributed by atoms with E-state index in [-0.39, 0.29) is 5.91 Å². The van der Waals surface area contributed by atoms with Gasteiger partial charge in [-0.15, -0.1) is 0 Å². The second-order valence-corrected chi connectivity index (χ2v) is 7.65. The normalized spacial score (nSPS) is 14.6. The molecule has 1 amide bonds. The number of anilines is 1. The molecule has 1 aliphatic heterocycles. The number of benzene rings is 1. The highest BCUT2D eigenvalue weighted by atomic mass is 16.1. The number of piperazine rings is 1. The molecule has 0 spiro atoms. The number of fused-ring (bicyclic) bond motifs is 1. The van der Waals surface area contributed by atoms with Crippen LogP contribution in [0.3, 0.4) is 0 Å². The smallest absolute Gasteiger partial charge is 0.252 e. The zero-order valence-corrected chi connectivity index (χ0v) is 17.6. The number of aromatic nitrogens is 5. The molecule has 1 saturated heterocycles. The van der Waals surface area contributed by atoms with Gasteiger partial charge in [0.2, 0.25) is 5.95 Å². The highest BCUT2D eigenvalue weighted by molar-refractivity contribution is 5.96. The lowest BCUT2D eigenvalue weighted by Gasteiger charge is -2.34. The van der Waals surface area contributed by atoms with Crippen LogP contribution in [-0.4, -0.2) is 74.6 Å². The molecule has 1 fully saturated rings. The van der Waals surface area contributed by atoms with Gasteiger partial charge in [0, 0.05) is 63.5 Å². The summed E-state index contributed by atoms with van der Waals surface area (Å²) in [6.07, 6.45) is 6.87. The maximum absolute atomic E-state index is 12.6. The van der Waals surface area contributed by atoms with Crippen LogP contribution in [0.2, 0.25) is 0 Å². The summed E-state index contributed by atoms with van der Waals surface area (Å²) in [5, 5.41) is 3.00. The van der Waals surface area contributed by atoms with E-state index in [4.69, 9.17) is 0 Å². The first-order valence-electron chi connectivity index (χ1n) is 10.7. The predicted molar refractivity (Wildman–Crippen MR) is 122 cm³/mol. The largest absolute Gasteiger partial charge is 0.351 e. The number of imidazole rings is 1. The zero-order valence-electron chi connectivity index (χ0n) is 17.6. The van der Waals surface area contributed by atoms with Gasteiger partial charge in [-0.3, -0.25) is 14.3 Å². The predicted octanol–water partition coefficient (Wildman–Crippen LogP) is 1.76. The van der Waals surface area contributed by atoms with Crippen LogP contribution in [0.1, 0.15) is 10.4 Å².